The number of nitrogens with zero attached hydrogens (tertiary/aromatic N) is 1. The highest BCUT2D eigenvalue weighted by Gasteiger charge is 2.32. The lowest BCUT2D eigenvalue weighted by molar-refractivity contribution is -0.141. The molecule has 0 fully saturated rings. The van der Waals surface area contributed by atoms with Crippen molar-refractivity contribution in [1.29, 1.82) is 0 Å². The Morgan fingerprint density at radius 2 is 1.63 bits per heavy atom. The maximum absolute atomic E-state index is 12.4. The zero-order chi connectivity index (χ0) is 13.2. The molecule has 0 aliphatic heterocycles. The van der Waals surface area contributed by atoms with Crippen molar-refractivity contribution < 1.29 is 17.9 Å². The lowest BCUT2D eigenvalue weighted by atomic mass is 10.3. The average molecular weight is 291 g/mol. The number of hydrogen-bond donors (Lipinski definition) is 1. The molecule has 0 saturated carbocycles. The predicted octanol–water partition coefficient (Wildman–Crippen LogP) is 3.90. The van der Waals surface area contributed by atoms with Crippen molar-refractivity contribution in [3.8, 4) is 11.6 Å². The van der Waals surface area contributed by atoms with Gasteiger partial charge in [-0.2, -0.15) is 13.2 Å². The van der Waals surface area contributed by atoms with Crippen LogP contribution < -0.4 is 10.5 Å². The number of aromatic nitrogens is 1. The molecular weight excluding hydrogens is 281 g/mol. The molecule has 0 saturated heterocycles. The summed E-state index contributed by atoms with van der Waals surface area (Å²) in [6.45, 7) is 0. The van der Waals surface area contributed by atoms with E-state index in [1.807, 2.05) is 0 Å². The quantitative estimate of drug-likeness (QED) is 0.853. The molecule has 0 unspecified atom stereocenters. The normalized spacial score (nSPS) is 10.7. The van der Waals surface area contributed by atoms with Crippen LogP contribution in [0.1, 0.15) is 5.69 Å². The van der Waals surface area contributed by atoms with Gasteiger partial charge in [0.15, 0.2) is 0 Å². The molecular formula is C12H10ClF3N2O. The van der Waals surface area contributed by atoms with Crippen LogP contribution in [0.3, 0.4) is 0 Å². The van der Waals surface area contributed by atoms with Crippen LogP contribution in [0.5, 0.6) is 11.6 Å². The Bertz CT molecular complexity index is 543. The van der Waals surface area contributed by atoms with Gasteiger partial charge < -0.3 is 10.5 Å². The molecule has 0 atom stereocenters. The number of alkyl halides is 3. The van der Waals surface area contributed by atoms with Crippen molar-refractivity contribution in [2.24, 2.45) is 0 Å². The standard InChI is InChI=1S/C12H9F3N2O.ClH/c13-12(14,15)10-2-1-3-11(17-10)18-9-6-4-8(16)5-7-9;/h1-7H,16H2;1H. The molecule has 102 valence electrons. The highest BCUT2D eigenvalue weighted by atomic mass is 35.5. The first kappa shape index (κ1) is 15.1. The number of rotatable bonds is 2. The van der Waals surface area contributed by atoms with Gasteiger partial charge in [0.2, 0.25) is 5.88 Å². The summed E-state index contributed by atoms with van der Waals surface area (Å²) in [7, 11) is 0. The molecule has 2 N–H and O–H groups in total. The number of nitrogens with two attached hydrogens (primary N) is 1. The molecule has 0 radical (unpaired) electrons. The number of halogens is 4. The Balaban J connectivity index is 0.00000180. The molecule has 0 bridgehead atoms. The first-order chi connectivity index (χ1) is 8.45. The molecule has 2 aromatic rings. The molecule has 19 heavy (non-hydrogen) atoms. The molecule has 1 heterocycles. The van der Waals surface area contributed by atoms with Gasteiger partial charge >= 0.3 is 6.18 Å². The highest BCUT2D eigenvalue weighted by molar-refractivity contribution is 5.85. The van der Waals surface area contributed by atoms with Crippen LogP contribution >= 0.6 is 12.4 Å². The summed E-state index contributed by atoms with van der Waals surface area (Å²) < 4.78 is 42.5. The fourth-order valence-electron chi connectivity index (χ4n) is 1.29. The summed E-state index contributed by atoms with van der Waals surface area (Å²) in [6.07, 6.45) is -4.49. The van der Waals surface area contributed by atoms with Crippen molar-refractivity contribution >= 4 is 18.1 Å². The van der Waals surface area contributed by atoms with E-state index in [2.05, 4.69) is 4.98 Å². The van der Waals surface area contributed by atoms with Crippen LogP contribution in [-0.2, 0) is 6.18 Å². The van der Waals surface area contributed by atoms with Crippen LogP contribution in [0.25, 0.3) is 0 Å². The fraction of sp³-hybridized carbons (Fsp3) is 0.0833. The first-order valence-corrected chi connectivity index (χ1v) is 5.03. The summed E-state index contributed by atoms with van der Waals surface area (Å²) >= 11 is 0. The van der Waals surface area contributed by atoms with Gasteiger partial charge in [0, 0.05) is 11.8 Å². The number of pyridine rings is 1. The third-order valence-electron chi connectivity index (χ3n) is 2.12. The molecule has 7 heteroatoms. The number of ether oxygens (including phenoxy) is 1. The minimum absolute atomic E-state index is 0. The minimum Gasteiger partial charge on any atom is -0.439 e. The summed E-state index contributed by atoms with van der Waals surface area (Å²) in [5.41, 5.74) is 5.03. The smallest absolute Gasteiger partial charge is 0.433 e. The second-order valence-corrected chi connectivity index (χ2v) is 3.53. The lowest BCUT2D eigenvalue weighted by Crippen LogP contribution is -2.07. The third-order valence-corrected chi connectivity index (χ3v) is 2.12. The van der Waals surface area contributed by atoms with Crippen LogP contribution in [0, 0.1) is 0 Å². The zero-order valence-electron chi connectivity index (χ0n) is 9.52. The molecule has 3 nitrogen and oxygen atoms in total. The van der Waals surface area contributed by atoms with E-state index in [4.69, 9.17) is 10.5 Å². The summed E-state index contributed by atoms with van der Waals surface area (Å²) in [5.74, 6) is 0.255. The van der Waals surface area contributed by atoms with Crippen molar-refractivity contribution in [2.45, 2.75) is 6.18 Å². The number of anilines is 1. The van der Waals surface area contributed by atoms with Crippen molar-refractivity contribution in [3.63, 3.8) is 0 Å². The van der Waals surface area contributed by atoms with Crippen LogP contribution in [0.15, 0.2) is 42.5 Å². The Morgan fingerprint density at radius 3 is 2.21 bits per heavy atom. The fourth-order valence-corrected chi connectivity index (χ4v) is 1.29. The van der Waals surface area contributed by atoms with Crippen LogP contribution in [0.4, 0.5) is 18.9 Å². The lowest BCUT2D eigenvalue weighted by Gasteiger charge is -2.08. The van der Waals surface area contributed by atoms with Crippen molar-refractivity contribution in [2.75, 3.05) is 5.73 Å². The molecule has 0 aliphatic carbocycles. The highest BCUT2D eigenvalue weighted by Crippen LogP contribution is 2.29. The van der Waals surface area contributed by atoms with Gasteiger partial charge in [-0.05, 0) is 30.3 Å². The van der Waals surface area contributed by atoms with Crippen LogP contribution in [0.2, 0.25) is 0 Å². The maximum Gasteiger partial charge on any atom is 0.433 e. The van der Waals surface area contributed by atoms with Gasteiger partial charge in [-0.1, -0.05) is 6.07 Å². The van der Waals surface area contributed by atoms with Gasteiger partial charge in [0.1, 0.15) is 11.4 Å². The van der Waals surface area contributed by atoms with E-state index in [0.29, 0.717) is 11.4 Å². The van der Waals surface area contributed by atoms with E-state index in [1.54, 1.807) is 24.3 Å². The number of benzene rings is 1. The largest absolute Gasteiger partial charge is 0.439 e. The maximum atomic E-state index is 12.4. The minimum atomic E-state index is -4.49. The topological polar surface area (TPSA) is 48.1 Å². The second kappa shape index (κ2) is 5.79. The average Bonchev–Trinajstić information content (AvgIpc) is 2.31. The Morgan fingerprint density at radius 1 is 1.00 bits per heavy atom. The van der Waals surface area contributed by atoms with Gasteiger partial charge in [-0.3, -0.25) is 0 Å². The summed E-state index contributed by atoms with van der Waals surface area (Å²) in [4.78, 5) is 3.38. The monoisotopic (exact) mass is 290 g/mol. The second-order valence-electron chi connectivity index (χ2n) is 3.53. The first-order valence-electron chi connectivity index (χ1n) is 5.03. The zero-order valence-corrected chi connectivity index (χ0v) is 10.3. The molecule has 0 amide bonds. The molecule has 1 aromatic carbocycles. The predicted molar refractivity (Wildman–Crippen MR) is 67.4 cm³/mol. The SMILES string of the molecule is Cl.Nc1ccc(Oc2cccc(C(F)(F)F)n2)cc1. The summed E-state index contributed by atoms with van der Waals surface area (Å²) in [5, 5.41) is 0. The Labute approximate surface area is 113 Å². The van der Waals surface area contributed by atoms with Gasteiger partial charge in [-0.25, -0.2) is 4.98 Å². The van der Waals surface area contributed by atoms with E-state index in [9.17, 15) is 13.2 Å². The Kier molecular flexibility index (Phi) is 4.61. The van der Waals surface area contributed by atoms with Gasteiger partial charge in [0.25, 0.3) is 0 Å². The van der Waals surface area contributed by atoms with E-state index >= 15 is 0 Å². The van der Waals surface area contributed by atoms with Gasteiger partial charge in [0.05, 0.1) is 0 Å². The van der Waals surface area contributed by atoms with Crippen molar-refractivity contribution in [1.82, 2.24) is 4.98 Å². The molecule has 0 aliphatic rings. The van der Waals surface area contributed by atoms with E-state index in [0.717, 1.165) is 6.07 Å². The molecule has 1 aromatic heterocycles. The molecule has 2 rings (SSSR count). The Hall–Kier alpha value is -1.95. The summed E-state index contributed by atoms with van der Waals surface area (Å²) in [6, 6.07) is 9.75. The van der Waals surface area contributed by atoms with E-state index in [-0.39, 0.29) is 18.3 Å². The third kappa shape index (κ3) is 4.03. The van der Waals surface area contributed by atoms with Crippen LogP contribution in [-0.4, -0.2) is 4.98 Å². The van der Waals surface area contributed by atoms with E-state index in [1.165, 1.54) is 12.1 Å². The van der Waals surface area contributed by atoms with Crippen molar-refractivity contribution in [3.05, 3.63) is 48.2 Å². The van der Waals surface area contributed by atoms with E-state index < -0.39 is 11.9 Å². The van der Waals surface area contributed by atoms with Gasteiger partial charge in [-0.15, -0.1) is 12.4 Å². The number of nitrogen functional groups attached to an aromatic ring is 1. The number of hydrogen-bond acceptors (Lipinski definition) is 3. The molecule has 0 spiro atoms.